The lowest BCUT2D eigenvalue weighted by molar-refractivity contribution is 0.457. The van der Waals surface area contributed by atoms with Crippen LogP contribution in [0, 0.1) is 13.8 Å². The lowest BCUT2D eigenvalue weighted by Gasteiger charge is -2.13. The molecule has 0 amide bonds. The Balaban J connectivity index is 2.44. The minimum Gasteiger partial charge on any atom is -0.268 e. The second-order valence-corrected chi connectivity index (χ2v) is 5.11. The van der Waals surface area contributed by atoms with Gasteiger partial charge >= 0.3 is 0 Å². The summed E-state index contributed by atoms with van der Waals surface area (Å²) in [5, 5.41) is 0.510. The molecule has 0 aliphatic rings. The Kier molecular flexibility index (Phi) is 3.29. The second-order valence-electron chi connectivity index (χ2n) is 5.11. The van der Waals surface area contributed by atoms with E-state index in [9.17, 15) is 9.18 Å². The van der Waals surface area contributed by atoms with Gasteiger partial charge in [0.05, 0.1) is 16.6 Å². The number of aryl methyl sites for hydroxylation is 2. The van der Waals surface area contributed by atoms with Crippen molar-refractivity contribution < 1.29 is 4.39 Å². The highest BCUT2D eigenvalue weighted by molar-refractivity contribution is 5.78. The van der Waals surface area contributed by atoms with E-state index >= 15 is 0 Å². The summed E-state index contributed by atoms with van der Waals surface area (Å²) in [7, 11) is 0. The van der Waals surface area contributed by atoms with Crippen molar-refractivity contribution in [2.45, 2.75) is 20.5 Å². The van der Waals surface area contributed by atoms with E-state index in [1.165, 1.54) is 4.57 Å². The monoisotopic (exact) mass is 282 g/mol. The number of nitrogens with zero attached hydrogens (tertiary/aromatic N) is 2. The maximum atomic E-state index is 13.4. The van der Waals surface area contributed by atoms with E-state index in [-0.39, 0.29) is 11.4 Å². The molecule has 1 aromatic heterocycles. The molecule has 0 aliphatic carbocycles. The van der Waals surface area contributed by atoms with Crippen molar-refractivity contribution in [3.8, 4) is 5.69 Å². The van der Waals surface area contributed by atoms with Gasteiger partial charge in [0.1, 0.15) is 12.5 Å². The van der Waals surface area contributed by atoms with Crippen LogP contribution >= 0.6 is 0 Å². The third kappa shape index (κ3) is 2.23. The predicted molar refractivity (Wildman–Crippen MR) is 81.6 cm³/mol. The first kappa shape index (κ1) is 13.5. The Hall–Kier alpha value is -2.49. The molecule has 3 nitrogen and oxygen atoms in total. The largest absolute Gasteiger partial charge is 0.268 e. The minimum absolute atomic E-state index is 0.130. The van der Waals surface area contributed by atoms with Gasteiger partial charge in [0.2, 0.25) is 0 Å². The van der Waals surface area contributed by atoms with Gasteiger partial charge in [0.25, 0.3) is 5.56 Å². The van der Waals surface area contributed by atoms with Crippen molar-refractivity contribution in [1.82, 2.24) is 9.55 Å². The molecule has 21 heavy (non-hydrogen) atoms. The Morgan fingerprint density at radius 3 is 2.62 bits per heavy atom. The van der Waals surface area contributed by atoms with Crippen molar-refractivity contribution in [2.24, 2.45) is 0 Å². The summed E-state index contributed by atoms with van der Waals surface area (Å²) in [5.41, 5.74) is 2.86. The molecule has 0 aliphatic heterocycles. The van der Waals surface area contributed by atoms with Gasteiger partial charge in [-0.1, -0.05) is 29.8 Å². The lowest BCUT2D eigenvalue weighted by Crippen LogP contribution is -2.24. The van der Waals surface area contributed by atoms with Gasteiger partial charge in [0.15, 0.2) is 0 Å². The number of hydrogen-bond donors (Lipinski definition) is 0. The van der Waals surface area contributed by atoms with E-state index in [4.69, 9.17) is 0 Å². The Bertz CT molecular complexity index is 884. The van der Waals surface area contributed by atoms with Crippen molar-refractivity contribution in [1.29, 1.82) is 0 Å². The van der Waals surface area contributed by atoms with E-state index < -0.39 is 6.67 Å². The summed E-state index contributed by atoms with van der Waals surface area (Å²) in [6.07, 6.45) is 0. The van der Waals surface area contributed by atoms with Gasteiger partial charge in [-0.2, -0.15) is 0 Å². The fraction of sp³-hybridized carbons (Fsp3) is 0.176. The minimum atomic E-state index is -0.784. The molecule has 0 N–H and O–H groups in total. The van der Waals surface area contributed by atoms with Crippen LogP contribution in [0.5, 0.6) is 0 Å². The van der Waals surface area contributed by atoms with E-state index in [0.29, 0.717) is 16.6 Å². The maximum Gasteiger partial charge on any atom is 0.266 e. The van der Waals surface area contributed by atoms with Crippen LogP contribution in [0.3, 0.4) is 0 Å². The molecule has 0 radical (unpaired) electrons. The molecule has 0 saturated heterocycles. The van der Waals surface area contributed by atoms with Crippen LogP contribution < -0.4 is 5.56 Å². The number of fused-ring (bicyclic) bond motifs is 1. The van der Waals surface area contributed by atoms with Gasteiger partial charge in [-0.25, -0.2) is 9.37 Å². The lowest BCUT2D eigenvalue weighted by atomic mass is 10.1. The highest BCUT2D eigenvalue weighted by Gasteiger charge is 2.13. The number of alkyl halides is 1. The van der Waals surface area contributed by atoms with Gasteiger partial charge in [0, 0.05) is 0 Å². The van der Waals surface area contributed by atoms with Crippen molar-refractivity contribution in [2.75, 3.05) is 0 Å². The first-order valence-electron chi connectivity index (χ1n) is 6.76. The number of halogens is 1. The number of benzene rings is 2. The zero-order chi connectivity index (χ0) is 15.0. The molecule has 0 spiro atoms. The zero-order valence-electron chi connectivity index (χ0n) is 11.9. The normalized spacial score (nSPS) is 11.0. The van der Waals surface area contributed by atoms with Crippen LogP contribution in [0.25, 0.3) is 16.6 Å². The van der Waals surface area contributed by atoms with Gasteiger partial charge < -0.3 is 0 Å². The molecule has 0 atom stereocenters. The number of rotatable bonds is 2. The van der Waals surface area contributed by atoms with Crippen molar-refractivity contribution in [3.05, 3.63) is 69.8 Å². The Labute approximate surface area is 121 Å². The summed E-state index contributed by atoms with van der Waals surface area (Å²) in [4.78, 5) is 17.1. The molecule has 1 heterocycles. The Morgan fingerprint density at radius 2 is 1.90 bits per heavy atom. The molecular weight excluding hydrogens is 267 g/mol. The second kappa shape index (κ2) is 5.13. The van der Waals surface area contributed by atoms with Crippen molar-refractivity contribution in [3.63, 3.8) is 0 Å². The first-order valence-corrected chi connectivity index (χ1v) is 6.76. The summed E-state index contributed by atoms with van der Waals surface area (Å²) in [6, 6.07) is 12.8. The predicted octanol–water partition coefficient (Wildman–Crippen LogP) is 3.47. The number of para-hydroxylation sites is 1. The molecule has 3 rings (SSSR count). The molecule has 3 aromatic rings. The maximum absolute atomic E-state index is 13.4. The number of aromatic nitrogens is 2. The quantitative estimate of drug-likeness (QED) is 0.721. The highest BCUT2D eigenvalue weighted by atomic mass is 19.1. The molecule has 0 saturated carbocycles. The average molecular weight is 282 g/mol. The van der Waals surface area contributed by atoms with Crippen LogP contribution in [0.4, 0.5) is 4.39 Å². The standard InChI is InChI=1S/C17H15FN2O/c1-11-7-8-14-13(9-11)17(21)20(16(10-18)19-14)15-6-4-3-5-12(15)2/h3-9H,10H2,1-2H3. The van der Waals surface area contributed by atoms with Gasteiger partial charge in [-0.3, -0.25) is 9.36 Å². The SMILES string of the molecule is Cc1ccc2nc(CF)n(-c3ccccc3C)c(=O)c2c1. The summed E-state index contributed by atoms with van der Waals surface area (Å²) in [5.74, 6) is 0.130. The van der Waals surface area contributed by atoms with Crippen LogP contribution in [0.1, 0.15) is 17.0 Å². The van der Waals surface area contributed by atoms with E-state index in [2.05, 4.69) is 4.98 Å². The van der Waals surface area contributed by atoms with Crippen LogP contribution in [0.15, 0.2) is 47.3 Å². The zero-order valence-corrected chi connectivity index (χ0v) is 11.9. The molecular formula is C17H15FN2O. The van der Waals surface area contributed by atoms with E-state index in [1.54, 1.807) is 18.2 Å². The van der Waals surface area contributed by atoms with Crippen LogP contribution in [-0.4, -0.2) is 9.55 Å². The molecule has 0 bridgehead atoms. The summed E-state index contributed by atoms with van der Waals surface area (Å²) in [6.45, 7) is 3.03. The Morgan fingerprint density at radius 1 is 1.14 bits per heavy atom. The van der Waals surface area contributed by atoms with E-state index in [0.717, 1.165) is 11.1 Å². The molecule has 2 aromatic carbocycles. The summed E-state index contributed by atoms with van der Waals surface area (Å²) >= 11 is 0. The molecule has 0 unspecified atom stereocenters. The fourth-order valence-electron chi connectivity index (χ4n) is 2.50. The van der Waals surface area contributed by atoms with Crippen LogP contribution in [-0.2, 0) is 6.67 Å². The smallest absolute Gasteiger partial charge is 0.266 e. The average Bonchev–Trinajstić information content (AvgIpc) is 2.49. The highest BCUT2D eigenvalue weighted by Crippen LogP contribution is 2.17. The van der Waals surface area contributed by atoms with Gasteiger partial charge in [-0.15, -0.1) is 0 Å². The van der Waals surface area contributed by atoms with Crippen molar-refractivity contribution >= 4 is 10.9 Å². The molecule has 106 valence electrons. The molecule has 0 fully saturated rings. The molecule has 4 heteroatoms. The summed E-state index contributed by atoms with van der Waals surface area (Å²) < 4.78 is 14.7. The van der Waals surface area contributed by atoms with Crippen LogP contribution in [0.2, 0.25) is 0 Å². The first-order chi connectivity index (χ1) is 10.1. The van der Waals surface area contributed by atoms with Gasteiger partial charge in [-0.05, 0) is 37.6 Å². The topological polar surface area (TPSA) is 34.9 Å². The fourth-order valence-corrected chi connectivity index (χ4v) is 2.50. The third-order valence-electron chi connectivity index (χ3n) is 3.57. The van der Waals surface area contributed by atoms with E-state index in [1.807, 2.05) is 38.1 Å². The number of hydrogen-bond acceptors (Lipinski definition) is 2. The third-order valence-corrected chi connectivity index (χ3v) is 3.57.